The highest BCUT2D eigenvalue weighted by molar-refractivity contribution is 5.95. The average Bonchev–Trinajstić information content (AvgIpc) is 3.50. The normalized spacial score (nSPS) is 19.3. The summed E-state index contributed by atoms with van der Waals surface area (Å²) in [5.74, 6) is -0.814. The number of carbonyl (C=O) groups excluding carboxylic acids is 1. The third kappa shape index (κ3) is 3.82. The van der Waals surface area contributed by atoms with E-state index in [9.17, 15) is 4.79 Å². The van der Waals surface area contributed by atoms with Crippen molar-refractivity contribution in [2.45, 2.75) is 38.3 Å². The molecule has 0 spiro atoms. The molecule has 6 rings (SSSR count). The van der Waals surface area contributed by atoms with Gasteiger partial charge in [0.15, 0.2) is 11.5 Å². The van der Waals surface area contributed by atoms with E-state index in [0.29, 0.717) is 34.0 Å². The van der Waals surface area contributed by atoms with E-state index in [1.54, 1.807) is 43.5 Å². The molecule has 3 heterocycles. The summed E-state index contributed by atoms with van der Waals surface area (Å²) in [6, 6.07) is 13.5. The topological polar surface area (TPSA) is 84.6 Å². The van der Waals surface area contributed by atoms with Gasteiger partial charge in [0.25, 0.3) is 0 Å². The fourth-order valence-corrected chi connectivity index (χ4v) is 5.40. The predicted octanol–water partition coefficient (Wildman–Crippen LogP) is 6.77. The molecule has 1 aromatic heterocycles. The van der Waals surface area contributed by atoms with Crippen molar-refractivity contribution in [1.29, 1.82) is 0 Å². The van der Waals surface area contributed by atoms with Gasteiger partial charge in [0.2, 0.25) is 6.79 Å². The van der Waals surface area contributed by atoms with E-state index in [4.69, 9.17) is 14.2 Å². The Labute approximate surface area is 211 Å². The second-order valence-corrected chi connectivity index (χ2v) is 9.91. The van der Waals surface area contributed by atoms with Crippen LogP contribution in [0.15, 0.2) is 54.7 Å². The SMILES string of the molecule is C[C@@H]1c2c(cc(F)c(-c3cccc4cc[nH]c34)c2F)NC(C)(C)[C@H]1OC(=O)Nc1ccc2c(c1)OCO2. The van der Waals surface area contributed by atoms with Gasteiger partial charge in [-0.25, -0.2) is 13.6 Å². The molecule has 7 nitrogen and oxygen atoms in total. The molecule has 0 aliphatic carbocycles. The van der Waals surface area contributed by atoms with Crippen molar-refractivity contribution in [2.75, 3.05) is 17.4 Å². The maximum atomic E-state index is 16.1. The third-order valence-electron chi connectivity index (χ3n) is 7.04. The van der Waals surface area contributed by atoms with Gasteiger partial charge >= 0.3 is 6.09 Å². The standard InChI is InChI=1S/C28H25F2N3O4/c1-14-22-19(12-18(29)23(24(22)30)17-6-4-5-15-9-10-31-25(15)17)33-28(2,3)26(14)37-27(34)32-16-7-8-20-21(11-16)36-13-35-20/h4-12,14,26,31,33H,13H2,1-3H3,(H,32,34)/t14-,26+/m1/s1. The summed E-state index contributed by atoms with van der Waals surface area (Å²) in [5.41, 5.74) is 1.22. The van der Waals surface area contributed by atoms with Gasteiger partial charge < -0.3 is 24.5 Å². The van der Waals surface area contributed by atoms with Crippen LogP contribution in [0.3, 0.4) is 0 Å². The minimum absolute atomic E-state index is 0.120. The molecular weight excluding hydrogens is 480 g/mol. The number of fused-ring (bicyclic) bond motifs is 3. The van der Waals surface area contributed by atoms with Crippen LogP contribution >= 0.6 is 0 Å². The number of nitrogens with one attached hydrogen (secondary N) is 3. The third-order valence-corrected chi connectivity index (χ3v) is 7.04. The van der Waals surface area contributed by atoms with Crippen molar-refractivity contribution in [3.8, 4) is 22.6 Å². The summed E-state index contributed by atoms with van der Waals surface area (Å²) in [7, 11) is 0. The van der Waals surface area contributed by atoms with Crippen molar-refractivity contribution in [1.82, 2.24) is 4.98 Å². The number of H-pyrrole nitrogens is 1. The molecule has 2 aliphatic rings. The summed E-state index contributed by atoms with van der Waals surface area (Å²) in [6.07, 6.45) is 0.272. The summed E-state index contributed by atoms with van der Waals surface area (Å²) >= 11 is 0. The minimum atomic E-state index is -0.807. The first-order chi connectivity index (χ1) is 17.7. The number of anilines is 2. The van der Waals surface area contributed by atoms with Crippen molar-refractivity contribution in [3.63, 3.8) is 0 Å². The molecule has 2 atom stereocenters. The molecule has 0 bridgehead atoms. The zero-order valence-electron chi connectivity index (χ0n) is 20.4. The van der Waals surface area contributed by atoms with E-state index in [0.717, 1.165) is 5.39 Å². The first-order valence-corrected chi connectivity index (χ1v) is 12.0. The molecule has 3 aromatic carbocycles. The first kappa shape index (κ1) is 23.1. The molecule has 3 N–H and O–H groups in total. The van der Waals surface area contributed by atoms with Gasteiger partial charge in [-0.2, -0.15) is 0 Å². The zero-order valence-corrected chi connectivity index (χ0v) is 20.4. The van der Waals surface area contributed by atoms with Crippen molar-refractivity contribution in [2.24, 2.45) is 0 Å². The van der Waals surface area contributed by atoms with E-state index in [1.807, 2.05) is 26.0 Å². The minimum Gasteiger partial charge on any atom is -0.454 e. The Morgan fingerprint density at radius 1 is 1.11 bits per heavy atom. The van der Waals surface area contributed by atoms with E-state index >= 15 is 8.78 Å². The van der Waals surface area contributed by atoms with Gasteiger partial charge in [-0.05, 0) is 43.5 Å². The monoisotopic (exact) mass is 505 g/mol. The molecule has 4 aromatic rings. The number of aromatic amines is 1. The molecule has 0 saturated carbocycles. The lowest BCUT2D eigenvalue weighted by atomic mass is 9.77. The molecular formula is C28H25F2N3O4. The number of para-hydroxylation sites is 1. The van der Waals surface area contributed by atoms with Crippen LogP contribution in [0.1, 0.15) is 32.3 Å². The quantitative estimate of drug-likeness (QED) is 0.286. The Hall–Kier alpha value is -4.27. The number of rotatable bonds is 3. The van der Waals surface area contributed by atoms with Gasteiger partial charge in [-0.3, -0.25) is 5.32 Å². The highest BCUT2D eigenvalue weighted by Gasteiger charge is 2.45. The average molecular weight is 506 g/mol. The summed E-state index contributed by atoms with van der Waals surface area (Å²) in [4.78, 5) is 16.0. The van der Waals surface area contributed by atoms with Gasteiger partial charge in [-0.1, -0.05) is 25.1 Å². The van der Waals surface area contributed by atoms with Crippen LogP contribution in [0.5, 0.6) is 11.5 Å². The number of amides is 1. The number of ether oxygens (including phenoxy) is 3. The molecule has 0 unspecified atom stereocenters. The second kappa shape index (κ2) is 8.40. The Kier molecular flexibility index (Phi) is 5.25. The van der Waals surface area contributed by atoms with Gasteiger partial charge in [0.05, 0.1) is 16.6 Å². The number of carbonyl (C=O) groups is 1. The van der Waals surface area contributed by atoms with Crippen LogP contribution < -0.4 is 20.1 Å². The molecule has 1 amide bonds. The van der Waals surface area contributed by atoms with Crippen LogP contribution in [0.4, 0.5) is 25.0 Å². The number of aromatic nitrogens is 1. The maximum Gasteiger partial charge on any atom is 0.412 e. The van der Waals surface area contributed by atoms with Gasteiger partial charge in [-0.15, -0.1) is 0 Å². The zero-order chi connectivity index (χ0) is 25.9. The van der Waals surface area contributed by atoms with E-state index < -0.39 is 35.3 Å². The van der Waals surface area contributed by atoms with Crippen molar-refractivity contribution < 1.29 is 27.8 Å². The van der Waals surface area contributed by atoms with Gasteiger partial charge in [0.1, 0.15) is 17.7 Å². The highest BCUT2D eigenvalue weighted by atomic mass is 19.1. The lowest BCUT2D eigenvalue weighted by Crippen LogP contribution is -2.52. The Morgan fingerprint density at radius 3 is 2.76 bits per heavy atom. The second-order valence-electron chi connectivity index (χ2n) is 9.91. The number of hydrogen-bond acceptors (Lipinski definition) is 5. The number of hydrogen-bond donors (Lipinski definition) is 3. The molecule has 2 aliphatic heterocycles. The predicted molar refractivity (Wildman–Crippen MR) is 136 cm³/mol. The molecule has 9 heteroatoms. The lowest BCUT2D eigenvalue weighted by molar-refractivity contribution is 0.0561. The molecule has 0 saturated heterocycles. The molecule has 0 fully saturated rings. The largest absolute Gasteiger partial charge is 0.454 e. The summed E-state index contributed by atoms with van der Waals surface area (Å²) < 4.78 is 48.0. The van der Waals surface area contributed by atoms with Crippen LogP contribution in [0, 0.1) is 11.6 Å². The van der Waals surface area contributed by atoms with Crippen LogP contribution in [-0.2, 0) is 4.74 Å². The van der Waals surface area contributed by atoms with E-state index in [2.05, 4.69) is 15.6 Å². The smallest absolute Gasteiger partial charge is 0.412 e. The molecule has 0 radical (unpaired) electrons. The van der Waals surface area contributed by atoms with Crippen LogP contribution in [0.25, 0.3) is 22.0 Å². The summed E-state index contributed by atoms with van der Waals surface area (Å²) in [5, 5.41) is 6.73. The molecule has 190 valence electrons. The Morgan fingerprint density at radius 2 is 1.92 bits per heavy atom. The summed E-state index contributed by atoms with van der Waals surface area (Å²) in [6.45, 7) is 5.55. The fraction of sp³-hybridized carbons (Fsp3) is 0.250. The fourth-order valence-electron chi connectivity index (χ4n) is 5.40. The van der Waals surface area contributed by atoms with Gasteiger partial charge in [0, 0.05) is 40.7 Å². The Bertz CT molecular complexity index is 1550. The maximum absolute atomic E-state index is 16.1. The number of benzene rings is 3. The molecule has 37 heavy (non-hydrogen) atoms. The van der Waals surface area contributed by atoms with Crippen LogP contribution in [0.2, 0.25) is 0 Å². The van der Waals surface area contributed by atoms with Crippen molar-refractivity contribution >= 4 is 28.4 Å². The lowest BCUT2D eigenvalue weighted by Gasteiger charge is -2.44. The van der Waals surface area contributed by atoms with E-state index in [1.165, 1.54) is 6.07 Å². The van der Waals surface area contributed by atoms with Crippen LogP contribution in [-0.4, -0.2) is 29.5 Å². The number of halogens is 2. The Balaban J connectivity index is 1.33. The van der Waals surface area contributed by atoms with Crippen molar-refractivity contribution in [3.05, 3.63) is 71.9 Å². The highest BCUT2D eigenvalue weighted by Crippen LogP contribution is 2.46. The first-order valence-electron chi connectivity index (χ1n) is 12.0. The van der Waals surface area contributed by atoms with E-state index in [-0.39, 0.29) is 17.9 Å².